The minimum atomic E-state index is -0.144. The zero-order valence-electron chi connectivity index (χ0n) is 15.2. The van der Waals surface area contributed by atoms with Gasteiger partial charge in [0.2, 0.25) is 5.91 Å². The molecule has 0 spiro atoms. The maximum absolute atomic E-state index is 12.2. The largest absolute Gasteiger partial charge is 0.490 e. The molecule has 2 N–H and O–H groups in total. The van der Waals surface area contributed by atoms with Crippen LogP contribution < -0.4 is 20.1 Å². The molecule has 0 aliphatic carbocycles. The van der Waals surface area contributed by atoms with Gasteiger partial charge in [0.25, 0.3) is 0 Å². The zero-order valence-corrected chi connectivity index (χ0v) is 16.8. The molecule has 3 rings (SSSR count). The molecule has 0 aromatic heterocycles. The van der Waals surface area contributed by atoms with Gasteiger partial charge in [-0.05, 0) is 52.3 Å². The van der Waals surface area contributed by atoms with Crippen molar-refractivity contribution in [2.75, 3.05) is 30.4 Å². The first-order valence-corrected chi connectivity index (χ1v) is 9.69. The summed E-state index contributed by atoms with van der Waals surface area (Å²) in [5.74, 6) is 1.34. The molecule has 0 fully saturated rings. The Kier molecular flexibility index (Phi) is 7.32. The summed E-state index contributed by atoms with van der Waals surface area (Å²) in [4.78, 5) is 12.2. The maximum Gasteiger partial charge on any atom is 0.243 e. The molecule has 0 saturated carbocycles. The number of anilines is 2. The van der Waals surface area contributed by atoms with Gasteiger partial charge < -0.3 is 20.1 Å². The molecular formula is C22H21BrN2O3. The molecule has 0 aliphatic rings. The lowest BCUT2D eigenvalue weighted by Gasteiger charge is -2.14. The lowest BCUT2D eigenvalue weighted by molar-refractivity contribution is -0.114. The van der Waals surface area contributed by atoms with Gasteiger partial charge in [-0.1, -0.05) is 42.5 Å². The van der Waals surface area contributed by atoms with Crippen LogP contribution in [0.5, 0.6) is 11.5 Å². The molecule has 0 saturated heterocycles. The minimum Gasteiger partial charge on any atom is -0.490 e. The Morgan fingerprint density at radius 3 is 2.21 bits per heavy atom. The predicted octanol–water partition coefficient (Wildman–Crippen LogP) is 4.96. The number of rotatable bonds is 9. The number of nitrogens with one attached hydrogen (secondary N) is 2. The Labute approximate surface area is 172 Å². The van der Waals surface area contributed by atoms with E-state index in [9.17, 15) is 4.79 Å². The summed E-state index contributed by atoms with van der Waals surface area (Å²) >= 11 is 3.42. The van der Waals surface area contributed by atoms with E-state index in [-0.39, 0.29) is 12.5 Å². The van der Waals surface area contributed by atoms with Gasteiger partial charge >= 0.3 is 0 Å². The number of hydrogen-bond donors (Lipinski definition) is 2. The van der Waals surface area contributed by atoms with Gasteiger partial charge in [-0.2, -0.15) is 0 Å². The molecule has 28 heavy (non-hydrogen) atoms. The monoisotopic (exact) mass is 440 g/mol. The maximum atomic E-state index is 12.2. The van der Waals surface area contributed by atoms with Crippen LogP contribution in [-0.4, -0.2) is 25.7 Å². The van der Waals surface area contributed by atoms with Gasteiger partial charge in [0.1, 0.15) is 24.7 Å². The van der Waals surface area contributed by atoms with E-state index >= 15 is 0 Å². The highest BCUT2D eigenvalue weighted by Gasteiger charge is 2.08. The summed E-state index contributed by atoms with van der Waals surface area (Å²) in [5, 5.41) is 5.98. The second-order valence-electron chi connectivity index (χ2n) is 5.89. The molecule has 0 bridgehead atoms. The number of ether oxygens (including phenoxy) is 2. The summed E-state index contributed by atoms with van der Waals surface area (Å²) in [6, 6.07) is 24.6. The Hall–Kier alpha value is -2.99. The van der Waals surface area contributed by atoms with Crippen molar-refractivity contribution in [2.45, 2.75) is 0 Å². The Morgan fingerprint density at radius 2 is 1.43 bits per heavy atom. The number of hydrogen-bond acceptors (Lipinski definition) is 4. The van der Waals surface area contributed by atoms with E-state index in [2.05, 4.69) is 26.6 Å². The number of para-hydroxylation sites is 4. The second-order valence-corrected chi connectivity index (χ2v) is 6.74. The molecule has 5 nitrogen and oxygen atoms in total. The Bertz CT molecular complexity index is 903. The van der Waals surface area contributed by atoms with Crippen LogP contribution in [0.25, 0.3) is 0 Å². The minimum absolute atomic E-state index is 0.127. The quantitative estimate of drug-likeness (QED) is 0.461. The van der Waals surface area contributed by atoms with E-state index in [4.69, 9.17) is 9.47 Å². The van der Waals surface area contributed by atoms with Crippen LogP contribution in [0.1, 0.15) is 0 Å². The molecule has 3 aromatic carbocycles. The van der Waals surface area contributed by atoms with E-state index in [0.29, 0.717) is 19.0 Å². The van der Waals surface area contributed by atoms with Gasteiger partial charge in [-0.25, -0.2) is 0 Å². The fourth-order valence-electron chi connectivity index (χ4n) is 2.50. The fourth-order valence-corrected chi connectivity index (χ4v) is 2.88. The van der Waals surface area contributed by atoms with Gasteiger partial charge in [-0.15, -0.1) is 0 Å². The van der Waals surface area contributed by atoms with Crippen molar-refractivity contribution in [3.8, 4) is 11.5 Å². The van der Waals surface area contributed by atoms with Crippen LogP contribution >= 0.6 is 15.9 Å². The van der Waals surface area contributed by atoms with Crippen LogP contribution in [0.3, 0.4) is 0 Å². The summed E-state index contributed by atoms with van der Waals surface area (Å²) < 4.78 is 12.3. The van der Waals surface area contributed by atoms with E-state index in [1.807, 2.05) is 78.9 Å². The molecule has 0 atom stereocenters. The molecule has 3 aromatic rings. The van der Waals surface area contributed by atoms with Crippen LogP contribution in [0.15, 0.2) is 83.3 Å². The van der Waals surface area contributed by atoms with Crippen molar-refractivity contribution in [3.63, 3.8) is 0 Å². The number of amides is 1. The van der Waals surface area contributed by atoms with Crippen molar-refractivity contribution < 1.29 is 14.3 Å². The highest BCUT2D eigenvalue weighted by Crippen LogP contribution is 2.24. The second kappa shape index (κ2) is 10.4. The molecule has 0 aliphatic heterocycles. The molecule has 144 valence electrons. The molecule has 0 unspecified atom stereocenters. The third-order valence-corrected chi connectivity index (χ3v) is 4.52. The molecular weight excluding hydrogens is 420 g/mol. The smallest absolute Gasteiger partial charge is 0.243 e. The number of halogens is 1. The average Bonchev–Trinajstić information content (AvgIpc) is 2.73. The predicted molar refractivity (Wildman–Crippen MR) is 115 cm³/mol. The molecule has 0 heterocycles. The Morgan fingerprint density at radius 1 is 0.786 bits per heavy atom. The van der Waals surface area contributed by atoms with Crippen molar-refractivity contribution in [1.82, 2.24) is 0 Å². The fraction of sp³-hybridized carbons (Fsp3) is 0.136. The van der Waals surface area contributed by atoms with E-state index in [1.165, 1.54) is 0 Å². The van der Waals surface area contributed by atoms with E-state index in [0.717, 1.165) is 21.6 Å². The van der Waals surface area contributed by atoms with Crippen LogP contribution in [0.4, 0.5) is 11.4 Å². The summed E-state index contributed by atoms with van der Waals surface area (Å²) in [6.07, 6.45) is 0. The molecule has 0 radical (unpaired) electrons. The first-order valence-electron chi connectivity index (χ1n) is 8.90. The number of carbonyl (C=O) groups excluding carboxylic acids is 1. The third-order valence-electron chi connectivity index (χ3n) is 3.83. The highest BCUT2D eigenvalue weighted by atomic mass is 79.9. The lowest BCUT2D eigenvalue weighted by Crippen LogP contribution is -2.22. The zero-order chi connectivity index (χ0) is 19.6. The third kappa shape index (κ3) is 6.03. The molecule has 6 heteroatoms. The van der Waals surface area contributed by atoms with Gasteiger partial charge in [0, 0.05) is 4.47 Å². The number of carbonyl (C=O) groups is 1. The summed E-state index contributed by atoms with van der Waals surface area (Å²) in [6.45, 7) is 0.958. The standard InChI is InChI=1S/C22H21BrN2O3/c23-18-10-4-5-11-19(18)25-22(26)16-24-20-12-6-7-13-21(20)28-15-14-27-17-8-2-1-3-9-17/h1-13,24H,14-16H2,(H,25,26). The van der Waals surface area contributed by atoms with E-state index in [1.54, 1.807) is 0 Å². The Balaban J connectivity index is 1.48. The first kappa shape index (κ1) is 19.8. The summed E-state index contributed by atoms with van der Waals surface area (Å²) in [5.41, 5.74) is 1.49. The van der Waals surface area contributed by atoms with Crippen molar-refractivity contribution in [2.24, 2.45) is 0 Å². The van der Waals surface area contributed by atoms with Gasteiger partial charge in [-0.3, -0.25) is 4.79 Å². The van der Waals surface area contributed by atoms with E-state index < -0.39 is 0 Å². The average molecular weight is 441 g/mol. The van der Waals surface area contributed by atoms with Gasteiger partial charge in [0.05, 0.1) is 17.9 Å². The van der Waals surface area contributed by atoms with Crippen molar-refractivity contribution >= 4 is 33.2 Å². The van der Waals surface area contributed by atoms with Gasteiger partial charge in [0.15, 0.2) is 0 Å². The van der Waals surface area contributed by atoms with Crippen LogP contribution in [-0.2, 0) is 4.79 Å². The van der Waals surface area contributed by atoms with Crippen LogP contribution in [0, 0.1) is 0 Å². The lowest BCUT2D eigenvalue weighted by atomic mass is 10.3. The molecule has 1 amide bonds. The van der Waals surface area contributed by atoms with Crippen LogP contribution in [0.2, 0.25) is 0 Å². The first-order chi connectivity index (χ1) is 13.7. The SMILES string of the molecule is O=C(CNc1ccccc1OCCOc1ccccc1)Nc1ccccc1Br. The summed E-state index contributed by atoms with van der Waals surface area (Å²) in [7, 11) is 0. The number of benzene rings is 3. The van der Waals surface area contributed by atoms with Crippen molar-refractivity contribution in [1.29, 1.82) is 0 Å². The normalized spacial score (nSPS) is 10.2. The van der Waals surface area contributed by atoms with Crippen molar-refractivity contribution in [3.05, 3.63) is 83.3 Å². The topological polar surface area (TPSA) is 59.6 Å². The highest BCUT2D eigenvalue weighted by molar-refractivity contribution is 9.10.